The summed E-state index contributed by atoms with van der Waals surface area (Å²) >= 11 is 1.76. The summed E-state index contributed by atoms with van der Waals surface area (Å²) in [7, 11) is 0. The van der Waals surface area contributed by atoms with Crippen molar-refractivity contribution in [3.05, 3.63) is 0 Å². The third kappa shape index (κ3) is 3.62. The number of aliphatic hydroxyl groups is 1. The van der Waals surface area contributed by atoms with Gasteiger partial charge >= 0.3 is 0 Å². The minimum absolute atomic E-state index is 0.202. The molecule has 0 saturated heterocycles. The number of amides is 1. The average molecular weight is 274 g/mol. The third-order valence-electron chi connectivity index (χ3n) is 3.88. The van der Waals surface area contributed by atoms with Crippen LogP contribution in [-0.2, 0) is 4.79 Å². The lowest BCUT2D eigenvalue weighted by atomic mass is 9.84. The third-order valence-corrected chi connectivity index (χ3v) is 5.07. The van der Waals surface area contributed by atoms with E-state index in [1.165, 1.54) is 0 Å². The second-order valence-electron chi connectivity index (χ2n) is 5.11. The van der Waals surface area contributed by atoms with Crippen LogP contribution >= 0.6 is 11.8 Å². The van der Waals surface area contributed by atoms with Gasteiger partial charge in [-0.2, -0.15) is 11.8 Å². The van der Waals surface area contributed by atoms with Crippen LogP contribution in [0, 0.1) is 5.92 Å². The number of carbonyl (C=O) groups is 1. The summed E-state index contributed by atoms with van der Waals surface area (Å²) in [6.07, 6.45) is 4.00. The lowest BCUT2D eigenvalue weighted by Crippen LogP contribution is -2.57. The molecule has 1 fully saturated rings. The lowest BCUT2D eigenvalue weighted by molar-refractivity contribution is -0.125. The first-order valence-electron chi connectivity index (χ1n) is 6.84. The maximum atomic E-state index is 11.8. The molecule has 1 aliphatic carbocycles. The molecule has 0 aromatic rings. The normalized spacial score (nSPS) is 29.4. The SMILES string of the molecule is CCNC1(C(N)=O)CCCC1CCSC(C)CO. The molecule has 0 bridgehead atoms. The van der Waals surface area contributed by atoms with E-state index in [1.807, 2.05) is 13.8 Å². The molecule has 4 nitrogen and oxygen atoms in total. The van der Waals surface area contributed by atoms with E-state index in [0.29, 0.717) is 5.92 Å². The quantitative estimate of drug-likeness (QED) is 0.620. The van der Waals surface area contributed by atoms with Gasteiger partial charge in [0.1, 0.15) is 5.54 Å². The maximum absolute atomic E-state index is 11.8. The summed E-state index contributed by atoms with van der Waals surface area (Å²) in [5.41, 5.74) is 5.13. The fraction of sp³-hybridized carbons (Fsp3) is 0.923. The molecule has 1 amide bonds. The van der Waals surface area contributed by atoms with Gasteiger partial charge in [-0.15, -0.1) is 0 Å². The van der Waals surface area contributed by atoms with E-state index in [9.17, 15) is 4.79 Å². The summed E-state index contributed by atoms with van der Waals surface area (Å²) in [5, 5.41) is 12.6. The highest BCUT2D eigenvalue weighted by Crippen LogP contribution is 2.38. The second kappa shape index (κ2) is 7.36. The van der Waals surface area contributed by atoms with Gasteiger partial charge < -0.3 is 16.2 Å². The van der Waals surface area contributed by atoms with Crippen LogP contribution in [0.15, 0.2) is 0 Å². The first kappa shape index (κ1) is 15.8. The van der Waals surface area contributed by atoms with Crippen molar-refractivity contribution in [3.63, 3.8) is 0 Å². The number of hydrogen-bond acceptors (Lipinski definition) is 4. The zero-order valence-electron chi connectivity index (χ0n) is 11.4. The average Bonchev–Trinajstić information content (AvgIpc) is 2.74. The number of nitrogens with two attached hydrogens (primary N) is 1. The van der Waals surface area contributed by atoms with Crippen LogP contribution in [0.4, 0.5) is 0 Å². The van der Waals surface area contributed by atoms with Crippen LogP contribution in [0.3, 0.4) is 0 Å². The number of primary amides is 1. The summed E-state index contributed by atoms with van der Waals surface area (Å²) in [5.74, 6) is 1.12. The van der Waals surface area contributed by atoms with Gasteiger partial charge in [0, 0.05) is 5.25 Å². The monoisotopic (exact) mass is 274 g/mol. The fourth-order valence-corrected chi connectivity index (χ4v) is 3.82. The molecule has 1 aliphatic rings. The van der Waals surface area contributed by atoms with Crippen molar-refractivity contribution in [2.24, 2.45) is 11.7 Å². The molecular weight excluding hydrogens is 248 g/mol. The molecule has 0 heterocycles. The van der Waals surface area contributed by atoms with Gasteiger partial charge in [-0.1, -0.05) is 20.3 Å². The summed E-state index contributed by atoms with van der Waals surface area (Å²) < 4.78 is 0. The number of likely N-dealkylation sites (N-methyl/N-ethyl adjacent to an activating group) is 1. The Labute approximate surface area is 114 Å². The van der Waals surface area contributed by atoms with Gasteiger partial charge in [0.05, 0.1) is 6.61 Å². The highest BCUT2D eigenvalue weighted by molar-refractivity contribution is 7.99. The Morgan fingerprint density at radius 3 is 2.94 bits per heavy atom. The van der Waals surface area contributed by atoms with Crippen molar-refractivity contribution in [3.8, 4) is 0 Å². The molecule has 3 unspecified atom stereocenters. The molecule has 106 valence electrons. The Morgan fingerprint density at radius 2 is 2.39 bits per heavy atom. The van der Waals surface area contributed by atoms with Gasteiger partial charge in [-0.3, -0.25) is 4.79 Å². The first-order valence-corrected chi connectivity index (χ1v) is 7.89. The lowest BCUT2D eigenvalue weighted by Gasteiger charge is -2.33. The largest absolute Gasteiger partial charge is 0.395 e. The molecular formula is C13H26N2O2S. The van der Waals surface area contributed by atoms with Crippen LogP contribution in [-0.4, -0.2) is 40.7 Å². The van der Waals surface area contributed by atoms with Gasteiger partial charge in [-0.25, -0.2) is 0 Å². The zero-order valence-corrected chi connectivity index (χ0v) is 12.3. The molecule has 4 N–H and O–H groups in total. The van der Waals surface area contributed by atoms with Crippen molar-refractivity contribution in [1.82, 2.24) is 5.32 Å². The van der Waals surface area contributed by atoms with Crippen molar-refractivity contribution in [2.45, 2.75) is 50.3 Å². The van der Waals surface area contributed by atoms with Crippen molar-refractivity contribution in [1.29, 1.82) is 0 Å². The predicted octanol–water partition coefficient (Wildman–Crippen LogP) is 1.12. The van der Waals surface area contributed by atoms with E-state index in [-0.39, 0.29) is 17.8 Å². The number of thioether (sulfide) groups is 1. The fourth-order valence-electron chi connectivity index (χ4n) is 2.89. The van der Waals surface area contributed by atoms with Crippen molar-refractivity contribution < 1.29 is 9.90 Å². The zero-order chi connectivity index (χ0) is 13.6. The van der Waals surface area contributed by atoms with Crippen LogP contribution in [0.5, 0.6) is 0 Å². The summed E-state index contributed by atoms with van der Waals surface area (Å²) in [6, 6.07) is 0. The van der Waals surface area contributed by atoms with Crippen molar-refractivity contribution >= 4 is 17.7 Å². The molecule has 1 rings (SSSR count). The molecule has 3 atom stereocenters. The Kier molecular flexibility index (Phi) is 6.46. The van der Waals surface area contributed by atoms with Gasteiger partial charge in [0.2, 0.25) is 5.91 Å². The Bertz CT molecular complexity index is 276. The van der Waals surface area contributed by atoms with E-state index in [4.69, 9.17) is 10.8 Å². The van der Waals surface area contributed by atoms with E-state index in [2.05, 4.69) is 5.32 Å². The molecule has 0 aromatic heterocycles. The summed E-state index contributed by atoms with van der Waals surface area (Å²) in [6.45, 7) is 5.02. The van der Waals surface area contributed by atoms with Crippen LogP contribution in [0.1, 0.15) is 39.5 Å². The topological polar surface area (TPSA) is 75.3 Å². The standard InChI is InChI=1S/C13H26N2O2S/c1-3-15-13(12(14)17)7-4-5-11(13)6-8-18-10(2)9-16/h10-11,15-16H,3-9H2,1-2H3,(H2,14,17). The van der Waals surface area contributed by atoms with Crippen LogP contribution in [0.25, 0.3) is 0 Å². The highest BCUT2D eigenvalue weighted by atomic mass is 32.2. The molecule has 0 aromatic carbocycles. The molecule has 0 spiro atoms. The summed E-state index contributed by atoms with van der Waals surface area (Å²) in [4.78, 5) is 11.8. The number of rotatable bonds is 8. The Balaban J connectivity index is 2.54. The van der Waals surface area contributed by atoms with Gasteiger partial charge in [-0.05, 0) is 37.5 Å². The van der Waals surface area contributed by atoms with Gasteiger partial charge in [0.25, 0.3) is 0 Å². The number of aliphatic hydroxyl groups excluding tert-OH is 1. The maximum Gasteiger partial charge on any atom is 0.238 e. The highest BCUT2D eigenvalue weighted by Gasteiger charge is 2.46. The number of nitrogens with one attached hydrogen (secondary N) is 1. The van der Waals surface area contributed by atoms with Gasteiger partial charge in [0.15, 0.2) is 0 Å². The van der Waals surface area contributed by atoms with Crippen LogP contribution in [0.2, 0.25) is 0 Å². The molecule has 18 heavy (non-hydrogen) atoms. The van der Waals surface area contributed by atoms with E-state index in [0.717, 1.165) is 38.0 Å². The minimum atomic E-state index is -0.488. The van der Waals surface area contributed by atoms with E-state index >= 15 is 0 Å². The first-order chi connectivity index (χ1) is 8.56. The smallest absolute Gasteiger partial charge is 0.238 e. The van der Waals surface area contributed by atoms with Crippen molar-refractivity contribution in [2.75, 3.05) is 18.9 Å². The predicted molar refractivity (Wildman–Crippen MR) is 76.6 cm³/mol. The Morgan fingerprint density at radius 1 is 1.67 bits per heavy atom. The number of carbonyl (C=O) groups excluding carboxylic acids is 1. The second-order valence-corrected chi connectivity index (χ2v) is 6.65. The molecule has 0 radical (unpaired) electrons. The molecule has 5 heteroatoms. The molecule has 0 aliphatic heterocycles. The number of hydrogen-bond donors (Lipinski definition) is 3. The molecule has 1 saturated carbocycles. The van der Waals surface area contributed by atoms with E-state index in [1.54, 1.807) is 11.8 Å². The van der Waals surface area contributed by atoms with Crippen LogP contribution < -0.4 is 11.1 Å². The Hall–Kier alpha value is -0.260. The van der Waals surface area contributed by atoms with E-state index < -0.39 is 5.54 Å². The minimum Gasteiger partial charge on any atom is -0.395 e.